The van der Waals surface area contributed by atoms with Crippen molar-refractivity contribution in [3.05, 3.63) is 65.5 Å². The monoisotopic (exact) mass is 1150 g/mol. The number of hydrogen-bond acceptors (Lipinski definition) is 27. The number of hydrogen-bond donors (Lipinski definition) is 5. The van der Waals surface area contributed by atoms with Gasteiger partial charge < -0.3 is 34.4 Å². The second kappa shape index (κ2) is 26.6. The zero-order chi connectivity index (χ0) is 48.7. The van der Waals surface area contributed by atoms with E-state index >= 15 is 0 Å². The minimum atomic E-state index is -5.57. The molecule has 70 heavy (non-hydrogen) atoms. The molecule has 5 aromatic rings. The van der Waals surface area contributed by atoms with E-state index in [1.807, 2.05) is 5.32 Å². The summed E-state index contributed by atoms with van der Waals surface area (Å²) in [5.41, 5.74) is 1.64. The first-order chi connectivity index (χ1) is 29.7. The molecule has 0 aliphatic rings. The molecule has 0 radical (unpaired) electrons. The smallest absolute Gasteiger partial charge is 0.846 e. The van der Waals surface area contributed by atoms with Crippen molar-refractivity contribution in [1.29, 1.82) is 5.41 Å². The second-order valence-electron chi connectivity index (χ2n) is 12.1. The Bertz CT molecular complexity index is 3690. The van der Waals surface area contributed by atoms with Gasteiger partial charge in [0.1, 0.15) is 57.2 Å². The molecule has 6 N–H and O–H groups in total. The third-order valence-electron chi connectivity index (χ3n) is 7.61. The molecule has 1 heterocycles. The van der Waals surface area contributed by atoms with Crippen molar-refractivity contribution in [3.8, 4) is 0 Å². The van der Waals surface area contributed by atoms with Crippen LogP contribution in [0.4, 0.5) is 40.1 Å². The van der Waals surface area contributed by atoms with Crippen LogP contribution >= 0.6 is 11.6 Å². The number of halogens is 1. The van der Waals surface area contributed by atoms with E-state index in [4.69, 9.17) is 22.7 Å². The SMILES string of the molecule is N=C([O-])Nc1cc(N=c2nc(Cl)nc(N=Nc3cc(N)c(S(=O)(=O)[O-])cc3S(=O)(=O)OCCS(=O)(=O)[O-])[nH]2)ccc1N=Nc1cc2c(S(=O)(=O)[O-])cc(S(=O)(=O)[O-])cc2cc1S(=O)(=O)O.[Na+].[Na+].[Na+].[Na+].[Na+]. The number of nitrogen functional groups attached to an aromatic ring is 1. The van der Waals surface area contributed by atoms with Gasteiger partial charge in [0.05, 0.1) is 54.2 Å². The zero-order valence-corrected chi connectivity index (χ0v) is 51.6. The van der Waals surface area contributed by atoms with Gasteiger partial charge in [-0.15, -0.1) is 20.5 Å². The van der Waals surface area contributed by atoms with E-state index in [0.29, 0.717) is 24.3 Å². The van der Waals surface area contributed by atoms with E-state index in [1.54, 1.807) is 0 Å². The second-order valence-corrected chi connectivity index (χ2v) is 21.0. The van der Waals surface area contributed by atoms with Crippen LogP contribution in [-0.4, -0.2) is 107 Å². The van der Waals surface area contributed by atoms with Crippen molar-refractivity contribution in [3.63, 3.8) is 0 Å². The topological polar surface area (TPSA) is 515 Å². The summed E-state index contributed by atoms with van der Waals surface area (Å²) in [6.45, 7) is -1.24. The number of amidine groups is 1. The van der Waals surface area contributed by atoms with Crippen molar-refractivity contribution in [2.75, 3.05) is 23.4 Å². The number of azo groups is 2. The first-order valence-electron chi connectivity index (χ1n) is 16.1. The Labute approximate surface area is 511 Å². The quantitative estimate of drug-likeness (QED) is 0.0124. The van der Waals surface area contributed by atoms with Gasteiger partial charge in [0.25, 0.3) is 26.2 Å². The van der Waals surface area contributed by atoms with Crippen LogP contribution < -0.4 is 170 Å². The maximum absolute atomic E-state index is 12.9. The minimum absolute atomic E-state index is 0. The molecule has 42 heteroatoms. The number of anilines is 2. The maximum Gasteiger partial charge on any atom is 1.00 e. The van der Waals surface area contributed by atoms with Crippen molar-refractivity contribution in [2.45, 2.75) is 24.5 Å². The van der Waals surface area contributed by atoms with Gasteiger partial charge in [-0.1, -0.05) is 0 Å². The van der Waals surface area contributed by atoms with Gasteiger partial charge >= 0.3 is 148 Å². The third kappa shape index (κ3) is 19.0. The number of aromatic nitrogens is 3. The van der Waals surface area contributed by atoms with Crippen LogP contribution in [0.1, 0.15) is 0 Å². The van der Waals surface area contributed by atoms with E-state index in [-0.39, 0.29) is 166 Å². The summed E-state index contributed by atoms with van der Waals surface area (Å²) < 4.78 is 204. The van der Waals surface area contributed by atoms with Crippen LogP contribution in [0.25, 0.3) is 10.8 Å². The summed E-state index contributed by atoms with van der Waals surface area (Å²) in [5.74, 6) is -1.97. The Hall–Kier alpha value is -1.03. The first kappa shape index (κ1) is 69.0. The summed E-state index contributed by atoms with van der Waals surface area (Å²) in [6, 6.07) is 4.33. The largest absolute Gasteiger partial charge is 1.00 e. The number of H-pyrrole nitrogens is 1. The molecule has 0 bridgehead atoms. The fourth-order valence-electron chi connectivity index (χ4n) is 5.02. The molecule has 0 spiro atoms. The number of nitrogens with one attached hydrogen (secondary N) is 3. The number of nitrogens with two attached hydrogens (primary N) is 1. The summed E-state index contributed by atoms with van der Waals surface area (Å²) in [7, 11) is -31.9. The van der Waals surface area contributed by atoms with Crippen LogP contribution in [0.3, 0.4) is 0 Å². The third-order valence-corrected chi connectivity index (χ3v) is 13.2. The van der Waals surface area contributed by atoms with Gasteiger partial charge in [0.2, 0.25) is 10.9 Å². The molecule has 4 aromatic carbocycles. The average molecular weight is 1160 g/mol. The molecular formula is C28H19ClN11Na5O19S6. The number of aromatic amines is 1. The predicted octanol–water partition coefficient (Wildman–Crippen LogP) is -14.8. The van der Waals surface area contributed by atoms with Gasteiger partial charge in [-0.25, -0.2) is 38.7 Å². The molecule has 0 aliphatic carbocycles. The maximum atomic E-state index is 12.9. The fourth-order valence-corrected chi connectivity index (χ4v) is 9.27. The molecule has 0 amide bonds. The van der Waals surface area contributed by atoms with Gasteiger partial charge in [-0.3, -0.25) is 19.1 Å². The molecule has 1 aromatic heterocycles. The molecule has 30 nitrogen and oxygen atoms in total. The summed E-state index contributed by atoms with van der Waals surface area (Å²) in [4.78, 5) is 7.85. The molecule has 0 saturated carbocycles. The summed E-state index contributed by atoms with van der Waals surface area (Å²) in [6.07, 6.45) is 0. The standard InChI is InChI=1S/C28H24ClN11O19S6.5Na/c29-25-34-27(36-28(35-25)40-39-20-10-16(30)22(63(51,52)53)11-24(20)65(57,58)59-3-4-60(42,43)44)32-13-1-2-17(18(7-13)33-26(31)41)37-38-19-9-15-12(6-23(19)64(54,55)56)5-14(61(45,46)47)8-21(15)62(48,49)50;;;;;/h1-2,5-11H,3-4,30H2,(H3,31,33,41)(H,42,43,44)(H,45,46,47)(H,48,49,50)(H,51,52,53)(H,54,55,56)(H,32,34,35,36);;;;;/q;5*+1/p-5. The van der Waals surface area contributed by atoms with Crippen molar-refractivity contribution in [1.82, 2.24) is 15.0 Å². The summed E-state index contributed by atoms with van der Waals surface area (Å²) in [5, 5.41) is 34.0. The molecule has 0 saturated heterocycles. The van der Waals surface area contributed by atoms with Crippen molar-refractivity contribution < 1.29 is 230 Å². The number of nitrogens with zero attached hydrogens (tertiary/aromatic N) is 7. The van der Waals surface area contributed by atoms with E-state index < -0.39 is 160 Å². The Morgan fingerprint density at radius 2 is 1.29 bits per heavy atom. The molecule has 0 fully saturated rings. The van der Waals surface area contributed by atoms with E-state index in [0.717, 1.165) is 18.2 Å². The van der Waals surface area contributed by atoms with Crippen molar-refractivity contribution >= 4 is 129 Å². The minimum Gasteiger partial charge on any atom is -0.846 e. The molecule has 0 atom stereocenters. The molecular weight excluding hydrogens is 1140 g/mol. The van der Waals surface area contributed by atoms with Crippen LogP contribution in [0.5, 0.6) is 0 Å². The molecule has 5 rings (SSSR count). The number of rotatable bonds is 15. The Kier molecular flexibility index (Phi) is 26.2. The summed E-state index contributed by atoms with van der Waals surface area (Å²) >= 11 is 5.98. The van der Waals surface area contributed by atoms with Crippen LogP contribution in [0, 0.1) is 5.41 Å². The average Bonchev–Trinajstić information content (AvgIpc) is 3.13. The predicted molar refractivity (Wildman–Crippen MR) is 209 cm³/mol. The Morgan fingerprint density at radius 1 is 0.714 bits per heavy atom. The van der Waals surface area contributed by atoms with Crippen LogP contribution in [0.15, 0.2) is 105 Å². The van der Waals surface area contributed by atoms with Gasteiger partial charge in [-0.2, -0.15) is 26.8 Å². The normalized spacial score (nSPS) is 12.6. The van der Waals surface area contributed by atoms with Gasteiger partial charge in [0.15, 0.2) is 0 Å². The molecule has 0 aliphatic heterocycles. The molecule has 348 valence electrons. The zero-order valence-electron chi connectivity index (χ0n) is 35.9. The van der Waals surface area contributed by atoms with Crippen molar-refractivity contribution in [2.24, 2.45) is 25.4 Å². The number of fused-ring (bicyclic) bond motifs is 1. The van der Waals surface area contributed by atoms with Gasteiger partial charge in [0, 0.05) is 11.4 Å². The van der Waals surface area contributed by atoms with E-state index in [1.165, 1.54) is 0 Å². The van der Waals surface area contributed by atoms with Gasteiger partial charge in [-0.05, 0) is 71.6 Å². The molecule has 0 unspecified atom stereocenters. The van der Waals surface area contributed by atoms with E-state index in [2.05, 4.69) is 44.6 Å². The Balaban J connectivity index is 0.00000952. The fraction of sp³-hybridized carbons (Fsp3) is 0.0714. The first-order valence-corrected chi connectivity index (χ1v) is 25.2. The number of benzene rings is 4. The van der Waals surface area contributed by atoms with Crippen LogP contribution in [-0.2, 0) is 64.9 Å². The Morgan fingerprint density at radius 3 is 1.83 bits per heavy atom. The van der Waals surface area contributed by atoms with Crippen LogP contribution in [0.2, 0.25) is 5.28 Å². The van der Waals surface area contributed by atoms with E-state index in [9.17, 15) is 78.4 Å².